The van der Waals surface area contributed by atoms with Gasteiger partial charge in [-0.3, -0.25) is 4.79 Å². The summed E-state index contributed by atoms with van der Waals surface area (Å²) in [4.78, 5) is 28.6. The number of aromatic nitrogens is 2. The summed E-state index contributed by atoms with van der Waals surface area (Å²) in [5.74, 6) is 1.87. The molecule has 3 aliphatic rings. The zero-order valence-corrected chi connectivity index (χ0v) is 24.0. The van der Waals surface area contributed by atoms with Crippen molar-refractivity contribution in [1.82, 2.24) is 9.97 Å². The summed E-state index contributed by atoms with van der Waals surface area (Å²) in [5, 5.41) is 12.5. The van der Waals surface area contributed by atoms with Crippen molar-refractivity contribution in [2.45, 2.75) is 55.8 Å². The van der Waals surface area contributed by atoms with Crippen LogP contribution >= 0.6 is 23.7 Å². The lowest BCUT2D eigenvalue weighted by Gasteiger charge is -2.35. The first kappa shape index (κ1) is 27.4. The highest BCUT2D eigenvalue weighted by molar-refractivity contribution is 8.01. The molecule has 2 saturated heterocycles. The average Bonchev–Trinajstić information content (AvgIpc) is 3.70. The Balaban J connectivity index is 1.37. The van der Waals surface area contributed by atoms with Crippen LogP contribution in [0.5, 0.6) is 0 Å². The van der Waals surface area contributed by atoms with Gasteiger partial charge in [-0.05, 0) is 75.3 Å². The molecule has 9 nitrogen and oxygen atoms in total. The SMILES string of the molecule is CSc1ccc(NC(=O)c2cnc(NS[C@@H](C)CO)cc2N2CCC3(CC2)CC3)nc1N1CCO[C@H](C)C1. The molecule has 3 N–H and O–H groups in total. The molecule has 1 amide bonds. The number of nitrogens with zero attached hydrogens (tertiary/aromatic N) is 4. The van der Waals surface area contributed by atoms with Crippen LogP contribution in [-0.4, -0.2) is 78.0 Å². The van der Waals surface area contributed by atoms with E-state index in [1.165, 1.54) is 24.8 Å². The summed E-state index contributed by atoms with van der Waals surface area (Å²) < 4.78 is 8.95. The minimum atomic E-state index is -0.215. The third-order valence-electron chi connectivity index (χ3n) is 7.71. The quantitative estimate of drug-likeness (QED) is 0.301. The van der Waals surface area contributed by atoms with E-state index in [1.807, 2.05) is 31.4 Å². The van der Waals surface area contributed by atoms with Gasteiger partial charge in [-0.15, -0.1) is 11.8 Å². The number of hydrogen-bond donors (Lipinski definition) is 3. The summed E-state index contributed by atoms with van der Waals surface area (Å²) >= 11 is 3.07. The Hall–Kier alpha value is -2.21. The van der Waals surface area contributed by atoms with E-state index < -0.39 is 0 Å². The van der Waals surface area contributed by atoms with E-state index >= 15 is 0 Å². The molecule has 4 heterocycles. The van der Waals surface area contributed by atoms with Crippen LogP contribution in [0.25, 0.3) is 0 Å². The summed E-state index contributed by atoms with van der Waals surface area (Å²) in [5.41, 5.74) is 1.96. The van der Waals surface area contributed by atoms with Gasteiger partial charge in [0.25, 0.3) is 5.91 Å². The van der Waals surface area contributed by atoms with E-state index in [1.54, 1.807) is 18.0 Å². The Kier molecular flexibility index (Phi) is 8.56. The number of nitrogens with one attached hydrogen (secondary N) is 2. The molecule has 206 valence electrons. The smallest absolute Gasteiger partial charge is 0.260 e. The van der Waals surface area contributed by atoms with Crippen LogP contribution in [0.4, 0.5) is 23.1 Å². The molecule has 0 bridgehead atoms. The second-order valence-electron chi connectivity index (χ2n) is 10.6. The second kappa shape index (κ2) is 11.9. The van der Waals surface area contributed by atoms with Gasteiger partial charge in [-0.2, -0.15) is 0 Å². The Bertz CT molecular complexity index is 1140. The maximum Gasteiger partial charge on any atom is 0.260 e. The first-order valence-electron chi connectivity index (χ1n) is 13.4. The molecule has 1 saturated carbocycles. The van der Waals surface area contributed by atoms with Crippen molar-refractivity contribution in [2.24, 2.45) is 5.41 Å². The molecule has 2 aliphatic heterocycles. The summed E-state index contributed by atoms with van der Waals surface area (Å²) in [6, 6.07) is 5.85. The van der Waals surface area contributed by atoms with Crippen molar-refractivity contribution in [3.63, 3.8) is 0 Å². The topological polar surface area (TPSA) is 103 Å². The first-order valence-corrected chi connectivity index (χ1v) is 15.5. The van der Waals surface area contributed by atoms with Crippen LogP contribution < -0.4 is 19.8 Å². The molecular formula is C27H38N6O3S2. The number of aliphatic hydroxyl groups is 1. The van der Waals surface area contributed by atoms with E-state index in [-0.39, 0.29) is 23.9 Å². The Morgan fingerprint density at radius 3 is 2.68 bits per heavy atom. The standard InChI is InChI=1S/C27H38N6O3S2/c1-18-16-33(12-13-36-18)25-22(37-3)4-5-23(29-25)30-26(35)20-15-28-24(31-38-19(2)17-34)14-21(20)32-10-8-27(6-7-27)9-11-32/h4-5,14-15,18-19,34H,6-13,16-17H2,1-3H3,(H,28,31)(H,29,30,35)/t18-,19+/m1/s1. The number of carbonyl (C=O) groups excluding carboxylic acids is 1. The fraction of sp³-hybridized carbons (Fsp3) is 0.593. The van der Waals surface area contributed by atoms with Gasteiger partial charge < -0.3 is 29.7 Å². The van der Waals surface area contributed by atoms with Gasteiger partial charge in [-0.1, -0.05) is 0 Å². The monoisotopic (exact) mass is 558 g/mol. The molecule has 5 rings (SSSR count). The predicted molar refractivity (Wildman–Crippen MR) is 157 cm³/mol. The van der Waals surface area contributed by atoms with Crippen molar-refractivity contribution in [3.8, 4) is 0 Å². The largest absolute Gasteiger partial charge is 0.395 e. The van der Waals surface area contributed by atoms with Crippen LogP contribution in [0, 0.1) is 5.41 Å². The van der Waals surface area contributed by atoms with Gasteiger partial charge in [0.15, 0.2) is 0 Å². The van der Waals surface area contributed by atoms with E-state index in [0.717, 1.165) is 55.4 Å². The van der Waals surface area contributed by atoms with E-state index in [2.05, 4.69) is 31.7 Å². The number of pyridine rings is 2. The normalized spacial score (nSPS) is 21.3. The first-order chi connectivity index (χ1) is 18.4. The molecule has 2 aromatic rings. The van der Waals surface area contributed by atoms with Crippen molar-refractivity contribution >= 4 is 52.8 Å². The molecule has 0 radical (unpaired) electrons. The van der Waals surface area contributed by atoms with Crippen molar-refractivity contribution in [1.29, 1.82) is 0 Å². The number of piperidine rings is 1. The van der Waals surface area contributed by atoms with Gasteiger partial charge in [0.2, 0.25) is 0 Å². The summed E-state index contributed by atoms with van der Waals surface area (Å²) in [6.07, 6.45) is 8.81. The van der Waals surface area contributed by atoms with Crippen LogP contribution in [0.1, 0.15) is 49.9 Å². The fourth-order valence-electron chi connectivity index (χ4n) is 5.12. The molecule has 11 heteroatoms. The highest BCUT2D eigenvalue weighted by Crippen LogP contribution is 2.54. The fourth-order valence-corrected chi connectivity index (χ4v) is 6.19. The molecule has 2 aromatic heterocycles. The predicted octanol–water partition coefficient (Wildman–Crippen LogP) is 4.50. The highest BCUT2D eigenvalue weighted by atomic mass is 32.2. The van der Waals surface area contributed by atoms with Crippen LogP contribution in [0.2, 0.25) is 0 Å². The van der Waals surface area contributed by atoms with Gasteiger partial charge >= 0.3 is 0 Å². The molecule has 1 aliphatic carbocycles. The minimum Gasteiger partial charge on any atom is -0.395 e. The number of carbonyl (C=O) groups is 1. The average molecular weight is 559 g/mol. The van der Waals surface area contributed by atoms with Crippen molar-refractivity contribution in [2.75, 3.05) is 65.5 Å². The molecule has 38 heavy (non-hydrogen) atoms. The molecule has 2 atom stereocenters. The highest BCUT2D eigenvalue weighted by Gasteiger charge is 2.44. The molecule has 3 fully saturated rings. The number of anilines is 4. The van der Waals surface area contributed by atoms with E-state index in [4.69, 9.17) is 9.72 Å². The van der Waals surface area contributed by atoms with Crippen molar-refractivity contribution in [3.05, 3.63) is 30.0 Å². The Morgan fingerprint density at radius 2 is 2.00 bits per heavy atom. The van der Waals surface area contributed by atoms with Crippen molar-refractivity contribution < 1.29 is 14.6 Å². The molecule has 0 aromatic carbocycles. The number of amides is 1. The minimum absolute atomic E-state index is 0.0342. The lowest BCUT2D eigenvalue weighted by Crippen LogP contribution is -2.41. The van der Waals surface area contributed by atoms with Crippen LogP contribution in [0.15, 0.2) is 29.3 Å². The van der Waals surface area contributed by atoms with E-state index in [9.17, 15) is 9.90 Å². The third-order valence-corrected chi connectivity index (χ3v) is 9.35. The van der Waals surface area contributed by atoms with Gasteiger partial charge in [-0.25, -0.2) is 9.97 Å². The lowest BCUT2D eigenvalue weighted by molar-refractivity contribution is 0.0527. The molecule has 0 unspecified atom stereocenters. The number of morpholine rings is 1. The summed E-state index contributed by atoms with van der Waals surface area (Å²) in [7, 11) is 0. The van der Waals surface area contributed by atoms with E-state index in [0.29, 0.717) is 29.2 Å². The molecule has 1 spiro atoms. The Labute approximate surface area is 233 Å². The van der Waals surface area contributed by atoms with Gasteiger partial charge in [0.05, 0.1) is 30.6 Å². The maximum absolute atomic E-state index is 13.6. The zero-order valence-electron chi connectivity index (χ0n) is 22.4. The number of hydrogen-bond acceptors (Lipinski definition) is 10. The summed E-state index contributed by atoms with van der Waals surface area (Å²) in [6.45, 7) is 8.16. The molecular weight excluding hydrogens is 520 g/mol. The Morgan fingerprint density at radius 1 is 1.21 bits per heavy atom. The number of aliphatic hydroxyl groups excluding tert-OH is 1. The van der Waals surface area contributed by atoms with Crippen LogP contribution in [0.3, 0.4) is 0 Å². The van der Waals surface area contributed by atoms with Gasteiger partial charge in [0, 0.05) is 48.6 Å². The van der Waals surface area contributed by atoms with Crippen LogP contribution in [-0.2, 0) is 4.74 Å². The lowest BCUT2D eigenvalue weighted by atomic mass is 9.93. The number of ether oxygens (including phenoxy) is 1. The maximum atomic E-state index is 13.6. The second-order valence-corrected chi connectivity index (χ2v) is 12.7. The third kappa shape index (κ3) is 6.32. The zero-order chi connectivity index (χ0) is 26.7. The number of rotatable bonds is 9. The van der Waals surface area contributed by atoms with Gasteiger partial charge in [0.1, 0.15) is 17.5 Å². The number of thioether (sulfide) groups is 1.